The number of hydrogen-bond acceptors (Lipinski definition) is 3. The second kappa shape index (κ2) is 6.23. The minimum atomic E-state index is 0.108. The molecule has 0 aromatic carbocycles. The van der Waals surface area contributed by atoms with Crippen molar-refractivity contribution >= 4 is 11.5 Å². The maximum Gasteiger partial charge on any atom is 0.178 e. The Kier molecular flexibility index (Phi) is 4.32. The van der Waals surface area contributed by atoms with Crippen LogP contribution in [0.2, 0.25) is 0 Å². The van der Waals surface area contributed by atoms with Crippen LogP contribution in [-0.2, 0) is 0 Å². The van der Waals surface area contributed by atoms with Crippen molar-refractivity contribution in [2.75, 3.05) is 19.6 Å². The number of rotatable bonds is 4. The van der Waals surface area contributed by atoms with Crippen LogP contribution in [0.15, 0.2) is 24.3 Å². The first-order chi connectivity index (χ1) is 10.6. The Hall–Kier alpha value is -1.65. The first kappa shape index (κ1) is 15.3. The molecular weight excluding hydrogens is 274 g/mol. The third-order valence-electron chi connectivity index (χ3n) is 4.67. The molecular formula is C18H25N3O. The lowest BCUT2D eigenvalue weighted by atomic mass is 10.1. The average Bonchev–Trinajstić information content (AvgIpc) is 3.09. The lowest BCUT2D eigenvalue weighted by molar-refractivity contribution is 0.0944. The van der Waals surface area contributed by atoms with Crippen LogP contribution in [0.4, 0.5) is 0 Å². The molecule has 1 fully saturated rings. The second-order valence-corrected chi connectivity index (χ2v) is 6.41. The summed E-state index contributed by atoms with van der Waals surface area (Å²) in [6.07, 6.45) is 9.51. The van der Waals surface area contributed by atoms with Gasteiger partial charge in [-0.2, -0.15) is 0 Å². The lowest BCUT2D eigenvalue weighted by Gasteiger charge is -2.17. The smallest absolute Gasteiger partial charge is 0.178 e. The predicted molar refractivity (Wildman–Crippen MR) is 89.9 cm³/mol. The van der Waals surface area contributed by atoms with Crippen molar-refractivity contribution in [2.45, 2.75) is 39.2 Å². The van der Waals surface area contributed by atoms with Gasteiger partial charge in [-0.3, -0.25) is 9.69 Å². The van der Waals surface area contributed by atoms with Gasteiger partial charge in [0.05, 0.1) is 6.54 Å². The highest BCUT2D eigenvalue weighted by Crippen LogP contribution is 2.24. The number of aromatic nitrogens is 1. The molecule has 4 nitrogen and oxygen atoms in total. The number of carbonyl (C=O) groups excluding carboxylic acids is 1. The summed E-state index contributed by atoms with van der Waals surface area (Å²) >= 11 is 0. The molecule has 4 heteroatoms. The van der Waals surface area contributed by atoms with E-state index in [2.05, 4.69) is 28.5 Å². The molecule has 2 aliphatic rings. The SMILES string of the molecule is Cc1cc(C(=O)CN2CCCC2)c(C)n1C1=CCC(N)C=C1. The summed E-state index contributed by atoms with van der Waals surface area (Å²) < 4.78 is 2.17. The van der Waals surface area contributed by atoms with E-state index in [1.807, 2.05) is 19.1 Å². The van der Waals surface area contributed by atoms with Crippen molar-refractivity contribution in [2.24, 2.45) is 5.73 Å². The first-order valence-electron chi connectivity index (χ1n) is 8.15. The van der Waals surface area contributed by atoms with Gasteiger partial charge >= 0.3 is 0 Å². The van der Waals surface area contributed by atoms with Crippen LogP contribution in [-0.4, -0.2) is 40.9 Å². The zero-order valence-electron chi connectivity index (χ0n) is 13.5. The molecule has 0 saturated carbocycles. The van der Waals surface area contributed by atoms with E-state index < -0.39 is 0 Å². The van der Waals surface area contributed by atoms with E-state index in [0.717, 1.165) is 42.2 Å². The summed E-state index contributed by atoms with van der Waals surface area (Å²) in [6, 6.07) is 2.13. The molecule has 0 spiro atoms. The van der Waals surface area contributed by atoms with E-state index in [0.29, 0.717) is 6.54 Å². The summed E-state index contributed by atoms with van der Waals surface area (Å²) in [6.45, 7) is 6.74. The van der Waals surface area contributed by atoms with Crippen molar-refractivity contribution in [1.29, 1.82) is 0 Å². The van der Waals surface area contributed by atoms with Crippen LogP contribution >= 0.6 is 0 Å². The highest BCUT2D eigenvalue weighted by atomic mass is 16.1. The fourth-order valence-corrected chi connectivity index (χ4v) is 3.46. The zero-order valence-corrected chi connectivity index (χ0v) is 13.5. The molecule has 0 amide bonds. The lowest BCUT2D eigenvalue weighted by Crippen LogP contribution is -2.27. The number of carbonyl (C=O) groups is 1. The molecule has 2 N–H and O–H groups in total. The highest BCUT2D eigenvalue weighted by molar-refractivity contribution is 5.99. The second-order valence-electron chi connectivity index (χ2n) is 6.41. The molecule has 22 heavy (non-hydrogen) atoms. The number of hydrogen-bond donors (Lipinski definition) is 1. The third-order valence-corrected chi connectivity index (χ3v) is 4.67. The standard InChI is InChI=1S/C18H25N3O/c1-13-11-17(18(22)12-20-9-3-4-10-20)14(2)21(13)16-7-5-15(19)6-8-16/h5,7-8,11,15H,3-4,6,9-10,12,19H2,1-2H3. The molecule has 0 bridgehead atoms. The number of nitrogens with zero attached hydrogens (tertiary/aromatic N) is 2. The number of ketones is 1. The summed E-state index contributed by atoms with van der Waals surface area (Å²) in [7, 11) is 0. The van der Waals surface area contributed by atoms with Crippen molar-refractivity contribution < 1.29 is 4.79 Å². The number of aryl methyl sites for hydroxylation is 1. The Balaban J connectivity index is 1.83. The van der Waals surface area contributed by atoms with E-state index in [1.165, 1.54) is 12.8 Å². The molecule has 118 valence electrons. The Bertz CT molecular complexity index is 633. The predicted octanol–water partition coefficient (Wildman–Crippen LogP) is 2.51. The van der Waals surface area contributed by atoms with Gasteiger partial charge in [0, 0.05) is 28.7 Å². The number of allylic oxidation sites excluding steroid dienone is 2. The fourth-order valence-electron chi connectivity index (χ4n) is 3.46. The molecule has 1 aliphatic heterocycles. The Labute approximate surface area is 132 Å². The minimum absolute atomic E-state index is 0.108. The molecule has 1 aliphatic carbocycles. The van der Waals surface area contributed by atoms with Crippen LogP contribution in [0.1, 0.15) is 41.0 Å². The molecule has 2 heterocycles. The van der Waals surface area contributed by atoms with Crippen LogP contribution < -0.4 is 5.73 Å². The van der Waals surface area contributed by atoms with Crippen LogP contribution in [0.3, 0.4) is 0 Å². The van der Waals surface area contributed by atoms with Gasteiger partial charge in [-0.25, -0.2) is 0 Å². The quantitative estimate of drug-likeness (QED) is 0.869. The van der Waals surface area contributed by atoms with Gasteiger partial charge in [0.2, 0.25) is 0 Å². The Morgan fingerprint density at radius 2 is 2.05 bits per heavy atom. The Morgan fingerprint density at radius 1 is 1.32 bits per heavy atom. The minimum Gasteiger partial charge on any atom is -0.324 e. The summed E-state index contributed by atoms with van der Waals surface area (Å²) in [5.41, 5.74) is 10.0. The molecule has 0 radical (unpaired) electrons. The van der Waals surface area contributed by atoms with E-state index in [1.54, 1.807) is 0 Å². The van der Waals surface area contributed by atoms with E-state index in [9.17, 15) is 4.79 Å². The van der Waals surface area contributed by atoms with Crippen LogP contribution in [0.25, 0.3) is 5.70 Å². The molecule has 1 saturated heterocycles. The summed E-state index contributed by atoms with van der Waals surface area (Å²) in [5.74, 6) is 0.235. The van der Waals surface area contributed by atoms with Crippen LogP contribution in [0, 0.1) is 13.8 Å². The van der Waals surface area contributed by atoms with E-state index >= 15 is 0 Å². The highest BCUT2D eigenvalue weighted by Gasteiger charge is 2.21. The van der Waals surface area contributed by atoms with Crippen molar-refractivity contribution in [3.63, 3.8) is 0 Å². The molecule has 1 unspecified atom stereocenters. The monoisotopic (exact) mass is 299 g/mol. The van der Waals surface area contributed by atoms with Gasteiger partial charge in [-0.05, 0) is 58.3 Å². The molecule has 1 atom stereocenters. The maximum absolute atomic E-state index is 12.6. The Morgan fingerprint density at radius 3 is 2.68 bits per heavy atom. The van der Waals surface area contributed by atoms with Gasteiger partial charge < -0.3 is 10.3 Å². The van der Waals surface area contributed by atoms with E-state index in [-0.39, 0.29) is 11.8 Å². The third kappa shape index (κ3) is 2.94. The fraction of sp³-hybridized carbons (Fsp3) is 0.500. The van der Waals surface area contributed by atoms with Gasteiger partial charge in [0.15, 0.2) is 5.78 Å². The number of Topliss-reactive ketones (excluding diaryl/α,β-unsaturated/α-hetero) is 1. The van der Waals surface area contributed by atoms with Gasteiger partial charge in [-0.15, -0.1) is 0 Å². The molecule has 1 aromatic heterocycles. The van der Waals surface area contributed by atoms with Crippen molar-refractivity contribution in [3.8, 4) is 0 Å². The zero-order chi connectivity index (χ0) is 15.7. The normalized spacial score (nSPS) is 22.1. The number of likely N-dealkylation sites (tertiary alicyclic amines) is 1. The maximum atomic E-state index is 12.6. The molecule has 1 aromatic rings. The summed E-state index contributed by atoms with van der Waals surface area (Å²) in [5, 5.41) is 0. The largest absolute Gasteiger partial charge is 0.324 e. The van der Waals surface area contributed by atoms with Gasteiger partial charge in [0.25, 0.3) is 0 Å². The van der Waals surface area contributed by atoms with Crippen molar-refractivity contribution in [3.05, 3.63) is 41.2 Å². The van der Waals surface area contributed by atoms with Crippen LogP contribution in [0.5, 0.6) is 0 Å². The average molecular weight is 299 g/mol. The molecule has 3 rings (SSSR count). The topological polar surface area (TPSA) is 51.3 Å². The first-order valence-corrected chi connectivity index (χ1v) is 8.15. The van der Waals surface area contributed by atoms with Gasteiger partial charge in [0.1, 0.15) is 0 Å². The summed E-state index contributed by atoms with van der Waals surface area (Å²) in [4.78, 5) is 14.9. The van der Waals surface area contributed by atoms with Crippen molar-refractivity contribution in [1.82, 2.24) is 9.47 Å². The number of nitrogens with two attached hydrogens (primary N) is 1. The van der Waals surface area contributed by atoms with E-state index in [4.69, 9.17) is 5.73 Å². The van der Waals surface area contributed by atoms with Gasteiger partial charge in [-0.1, -0.05) is 12.2 Å².